The van der Waals surface area contributed by atoms with E-state index in [4.69, 9.17) is 11.6 Å². The van der Waals surface area contributed by atoms with Gasteiger partial charge in [0.2, 0.25) is 0 Å². The van der Waals surface area contributed by atoms with Crippen molar-refractivity contribution >= 4 is 50.6 Å². The summed E-state index contributed by atoms with van der Waals surface area (Å²) in [5.41, 5.74) is -0.223. The minimum absolute atomic E-state index is 0.000342. The summed E-state index contributed by atoms with van der Waals surface area (Å²) in [5, 5.41) is 13.4. The Balaban J connectivity index is 1.86. The molecule has 0 fully saturated rings. The van der Waals surface area contributed by atoms with Gasteiger partial charge in [0.15, 0.2) is 0 Å². The lowest BCUT2D eigenvalue weighted by Gasteiger charge is -2.11. The van der Waals surface area contributed by atoms with E-state index in [0.29, 0.717) is 0 Å². The van der Waals surface area contributed by atoms with Crippen molar-refractivity contribution in [2.24, 2.45) is 0 Å². The third-order valence-corrected chi connectivity index (χ3v) is 6.08. The number of sulfonamides is 1. The van der Waals surface area contributed by atoms with E-state index >= 15 is 0 Å². The molecule has 10 nitrogen and oxygen atoms in total. The number of methoxy groups -OCH3 is 1. The molecule has 0 radical (unpaired) electrons. The van der Waals surface area contributed by atoms with Gasteiger partial charge in [-0.1, -0.05) is 29.8 Å². The zero-order valence-electron chi connectivity index (χ0n) is 16.9. The van der Waals surface area contributed by atoms with Crippen LogP contribution in [0.15, 0.2) is 71.6 Å². The molecule has 170 valence electrons. The lowest BCUT2D eigenvalue weighted by atomic mass is 10.1. The fraction of sp³-hybridized carbons (Fsp3) is 0.0476. The molecule has 0 spiro atoms. The molecule has 0 aromatic heterocycles. The molecule has 3 aromatic carbocycles. The number of nitrogens with zero attached hydrogens (tertiary/aromatic N) is 1. The predicted molar refractivity (Wildman–Crippen MR) is 121 cm³/mol. The third-order valence-electron chi connectivity index (χ3n) is 4.38. The van der Waals surface area contributed by atoms with Gasteiger partial charge in [-0.15, -0.1) is 0 Å². The highest BCUT2D eigenvalue weighted by atomic mass is 35.5. The molecule has 1 amide bonds. The van der Waals surface area contributed by atoms with Crippen LogP contribution in [0.5, 0.6) is 0 Å². The number of benzene rings is 3. The van der Waals surface area contributed by atoms with Crippen molar-refractivity contribution < 1.29 is 27.7 Å². The first-order chi connectivity index (χ1) is 15.6. The van der Waals surface area contributed by atoms with E-state index in [1.165, 1.54) is 49.6 Å². The number of anilines is 2. The Morgan fingerprint density at radius 1 is 1.03 bits per heavy atom. The number of carbonyl (C=O) groups is 2. The van der Waals surface area contributed by atoms with E-state index in [-0.39, 0.29) is 32.4 Å². The summed E-state index contributed by atoms with van der Waals surface area (Å²) < 4.78 is 32.5. The first kappa shape index (κ1) is 23.7. The van der Waals surface area contributed by atoms with Crippen LogP contribution >= 0.6 is 11.6 Å². The topological polar surface area (TPSA) is 145 Å². The van der Waals surface area contributed by atoms with Crippen LogP contribution < -0.4 is 10.0 Å². The second-order valence-corrected chi connectivity index (χ2v) is 8.64. The molecule has 0 aliphatic rings. The lowest BCUT2D eigenvalue weighted by molar-refractivity contribution is -0.384. The maximum atomic E-state index is 12.8. The summed E-state index contributed by atoms with van der Waals surface area (Å²) >= 11 is 5.75. The van der Waals surface area contributed by atoms with E-state index in [9.17, 15) is 28.1 Å². The second-order valence-electron chi connectivity index (χ2n) is 6.55. The minimum Gasteiger partial charge on any atom is -0.465 e. The predicted octanol–water partition coefficient (Wildman–Crippen LogP) is 4.09. The molecule has 33 heavy (non-hydrogen) atoms. The Labute approximate surface area is 193 Å². The van der Waals surface area contributed by atoms with E-state index in [0.717, 1.165) is 12.1 Å². The van der Waals surface area contributed by atoms with Gasteiger partial charge >= 0.3 is 5.97 Å². The number of amides is 1. The Morgan fingerprint density at radius 3 is 2.45 bits per heavy atom. The van der Waals surface area contributed by atoms with Crippen molar-refractivity contribution in [3.05, 3.63) is 93.0 Å². The van der Waals surface area contributed by atoms with Crippen LogP contribution in [0.4, 0.5) is 17.1 Å². The monoisotopic (exact) mass is 489 g/mol. The number of hydrogen-bond donors (Lipinski definition) is 2. The number of nitro groups is 1. The van der Waals surface area contributed by atoms with Gasteiger partial charge in [0, 0.05) is 11.6 Å². The van der Waals surface area contributed by atoms with E-state index < -0.39 is 32.5 Å². The maximum absolute atomic E-state index is 12.8. The first-order valence-corrected chi connectivity index (χ1v) is 11.0. The largest absolute Gasteiger partial charge is 0.465 e. The van der Waals surface area contributed by atoms with Gasteiger partial charge in [0.05, 0.1) is 33.9 Å². The van der Waals surface area contributed by atoms with Gasteiger partial charge in [-0.3, -0.25) is 19.6 Å². The highest BCUT2D eigenvalue weighted by molar-refractivity contribution is 7.92. The molecule has 0 atom stereocenters. The molecule has 0 aliphatic heterocycles. The number of carbonyl (C=O) groups excluding carboxylic acids is 2. The lowest BCUT2D eigenvalue weighted by Crippen LogP contribution is -2.17. The molecule has 3 rings (SSSR count). The number of para-hydroxylation sites is 1. The second kappa shape index (κ2) is 9.67. The van der Waals surface area contributed by atoms with Crippen LogP contribution in [0.3, 0.4) is 0 Å². The number of hydrogen-bond acceptors (Lipinski definition) is 7. The summed E-state index contributed by atoms with van der Waals surface area (Å²) in [6.45, 7) is 0. The molecule has 0 aliphatic carbocycles. The van der Waals surface area contributed by atoms with Gasteiger partial charge in [-0.2, -0.15) is 0 Å². The Bertz CT molecular complexity index is 1360. The zero-order chi connectivity index (χ0) is 24.2. The van der Waals surface area contributed by atoms with Crippen LogP contribution in [0.25, 0.3) is 0 Å². The Hall–Kier alpha value is -3.96. The number of ether oxygens (including phenoxy) is 1. The zero-order valence-corrected chi connectivity index (χ0v) is 18.5. The van der Waals surface area contributed by atoms with Crippen molar-refractivity contribution in [2.45, 2.75) is 4.90 Å². The highest BCUT2D eigenvalue weighted by Crippen LogP contribution is 2.28. The number of esters is 1. The van der Waals surface area contributed by atoms with Gasteiger partial charge in [0.1, 0.15) is 5.02 Å². The summed E-state index contributed by atoms with van der Waals surface area (Å²) in [7, 11) is -2.99. The molecule has 0 saturated carbocycles. The molecule has 2 N–H and O–H groups in total. The summed E-state index contributed by atoms with van der Waals surface area (Å²) in [5.74, 6) is -1.31. The number of rotatable bonds is 7. The fourth-order valence-electron chi connectivity index (χ4n) is 2.81. The van der Waals surface area contributed by atoms with Crippen LogP contribution in [-0.4, -0.2) is 32.3 Å². The average molecular weight is 490 g/mol. The molecule has 0 saturated heterocycles. The number of halogens is 1. The van der Waals surface area contributed by atoms with Crippen molar-refractivity contribution in [1.29, 1.82) is 0 Å². The molecule has 0 bridgehead atoms. The van der Waals surface area contributed by atoms with Crippen molar-refractivity contribution in [3.8, 4) is 0 Å². The normalized spacial score (nSPS) is 10.8. The summed E-state index contributed by atoms with van der Waals surface area (Å²) in [4.78, 5) is 34.6. The smallest absolute Gasteiger partial charge is 0.339 e. The van der Waals surface area contributed by atoms with Crippen molar-refractivity contribution in [1.82, 2.24) is 0 Å². The minimum atomic E-state index is -4.19. The molecule has 12 heteroatoms. The fourth-order valence-corrected chi connectivity index (χ4v) is 4.09. The molecular formula is C21H16ClN3O7S. The Kier molecular flexibility index (Phi) is 6.95. The highest BCUT2D eigenvalue weighted by Gasteiger charge is 2.20. The number of nitrogens with one attached hydrogen (secondary N) is 2. The van der Waals surface area contributed by atoms with E-state index in [2.05, 4.69) is 14.8 Å². The van der Waals surface area contributed by atoms with Gasteiger partial charge < -0.3 is 10.1 Å². The quantitative estimate of drug-likeness (QED) is 0.289. The van der Waals surface area contributed by atoms with E-state index in [1.807, 2.05) is 0 Å². The standard InChI is InChI=1S/C21H16ClN3O7S/c1-32-21(27)16-7-2-3-8-18(16)23-20(26)13-5-4-6-15(11-13)33(30,31)24-14-9-10-17(22)19(12-14)25(28)29/h2-12,24H,1H3,(H,23,26). The summed E-state index contributed by atoms with van der Waals surface area (Å²) in [6.07, 6.45) is 0. The molecule has 0 unspecified atom stereocenters. The Morgan fingerprint density at radius 2 is 1.76 bits per heavy atom. The molecule has 0 heterocycles. The van der Waals surface area contributed by atoms with Crippen molar-refractivity contribution in [3.63, 3.8) is 0 Å². The summed E-state index contributed by atoms with van der Waals surface area (Å²) in [6, 6.07) is 14.8. The third kappa shape index (κ3) is 5.45. The van der Waals surface area contributed by atoms with Crippen LogP contribution in [0, 0.1) is 10.1 Å². The van der Waals surface area contributed by atoms with E-state index in [1.54, 1.807) is 12.1 Å². The van der Waals surface area contributed by atoms with Crippen LogP contribution in [0.2, 0.25) is 5.02 Å². The first-order valence-electron chi connectivity index (χ1n) is 9.18. The van der Waals surface area contributed by atoms with Gasteiger partial charge in [-0.05, 0) is 42.5 Å². The molecule has 3 aromatic rings. The molecular weight excluding hydrogens is 474 g/mol. The number of nitro benzene ring substituents is 1. The van der Waals surface area contributed by atoms with Crippen molar-refractivity contribution in [2.75, 3.05) is 17.1 Å². The van der Waals surface area contributed by atoms with Gasteiger partial charge in [0.25, 0.3) is 21.6 Å². The van der Waals surface area contributed by atoms with Crippen LogP contribution in [0.1, 0.15) is 20.7 Å². The maximum Gasteiger partial charge on any atom is 0.339 e. The average Bonchev–Trinajstić information content (AvgIpc) is 2.80. The van der Waals surface area contributed by atoms with Crippen LogP contribution in [-0.2, 0) is 14.8 Å². The SMILES string of the molecule is COC(=O)c1ccccc1NC(=O)c1cccc(S(=O)(=O)Nc2ccc(Cl)c([N+](=O)[O-])c2)c1. The van der Waals surface area contributed by atoms with Gasteiger partial charge in [-0.25, -0.2) is 13.2 Å².